The summed E-state index contributed by atoms with van der Waals surface area (Å²) in [6.07, 6.45) is 0. The third kappa shape index (κ3) is 4.49. The van der Waals surface area contributed by atoms with Gasteiger partial charge in [-0.25, -0.2) is 13.4 Å². The van der Waals surface area contributed by atoms with Gasteiger partial charge in [0.25, 0.3) is 10.0 Å². The Bertz CT molecular complexity index is 1110. The lowest BCUT2D eigenvalue weighted by atomic mass is 10.1. The van der Waals surface area contributed by atoms with Crippen LogP contribution in [0.2, 0.25) is 0 Å². The number of ether oxygens (including phenoxy) is 1. The second kappa shape index (κ2) is 7.99. The van der Waals surface area contributed by atoms with Gasteiger partial charge in [-0.1, -0.05) is 12.1 Å². The normalized spacial score (nSPS) is 11.1. The monoisotopic (exact) mass is 417 g/mol. The molecule has 1 aromatic heterocycles. The molecule has 0 atom stereocenters. The Kier molecular flexibility index (Phi) is 5.66. The molecule has 0 saturated carbocycles. The third-order valence-electron chi connectivity index (χ3n) is 3.85. The standard InChI is InChI=1S/C19H19N3O4S2/c1-12(23)20-17-9-8-16(10-19(17)26-3)28(24,25)22-15-6-4-14(5-7-15)18-11-27-13(2)21-18/h4-11,22H,1-3H3,(H,20,23). The maximum absolute atomic E-state index is 12.7. The Morgan fingerprint density at radius 2 is 1.86 bits per heavy atom. The van der Waals surface area contributed by atoms with Crippen LogP contribution in [0.3, 0.4) is 0 Å². The van der Waals surface area contributed by atoms with Gasteiger partial charge in [-0.2, -0.15) is 0 Å². The van der Waals surface area contributed by atoms with Crippen LogP contribution in [-0.2, 0) is 14.8 Å². The zero-order chi connectivity index (χ0) is 20.3. The molecule has 0 fully saturated rings. The summed E-state index contributed by atoms with van der Waals surface area (Å²) in [5.41, 5.74) is 2.60. The summed E-state index contributed by atoms with van der Waals surface area (Å²) in [4.78, 5) is 15.7. The highest BCUT2D eigenvalue weighted by Gasteiger charge is 2.17. The first-order valence-electron chi connectivity index (χ1n) is 8.29. The number of carbonyl (C=O) groups is 1. The van der Waals surface area contributed by atoms with Gasteiger partial charge in [0.15, 0.2) is 0 Å². The van der Waals surface area contributed by atoms with Crippen LogP contribution in [0.5, 0.6) is 5.75 Å². The van der Waals surface area contributed by atoms with Crippen LogP contribution in [0.4, 0.5) is 11.4 Å². The molecule has 3 rings (SSSR count). The van der Waals surface area contributed by atoms with Crippen molar-refractivity contribution in [2.24, 2.45) is 0 Å². The van der Waals surface area contributed by atoms with Crippen molar-refractivity contribution >= 4 is 38.6 Å². The Morgan fingerprint density at radius 1 is 1.14 bits per heavy atom. The molecule has 2 aromatic carbocycles. The fourth-order valence-electron chi connectivity index (χ4n) is 2.55. The predicted molar refractivity (Wildman–Crippen MR) is 110 cm³/mol. The average molecular weight is 418 g/mol. The highest BCUT2D eigenvalue weighted by molar-refractivity contribution is 7.92. The fraction of sp³-hybridized carbons (Fsp3) is 0.158. The molecule has 1 heterocycles. The van der Waals surface area contributed by atoms with E-state index in [2.05, 4.69) is 15.0 Å². The minimum absolute atomic E-state index is 0.0256. The molecule has 0 spiro atoms. The minimum atomic E-state index is -3.82. The Hall–Kier alpha value is -2.91. The molecular formula is C19H19N3O4S2. The van der Waals surface area contributed by atoms with Crippen LogP contribution in [0.25, 0.3) is 11.3 Å². The number of nitrogens with one attached hydrogen (secondary N) is 2. The molecule has 0 aliphatic carbocycles. The molecule has 9 heteroatoms. The first-order chi connectivity index (χ1) is 13.3. The van der Waals surface area contributed by atoms with Gasteiger partial charge < -0.3 is 10.1 Å². The van der Waals surface area contributed by atoms with Crippen molar-refractivity contribution in [3.63, 3.8) is 0 Å². The molecule has 3 aromatic rings. The number of rotatable bonds is 6. The summed E-state index contributed by atoms with van der Waals surface area (Å²) < 4.78 is 33.1. The number of nitrogens with zero attached hydrogens (tertiary/aromatic N) is 1. The van der Waals surface area contributed by atoms with E-state index in [0.29, 0.717) is 11.4 Å². The van der Waals surface area contributed by atoms with E-state index < -0.39 is 10.0 Å². The van der Waals surface area contributed by atoms with Crippen molar-refractivity contribution in [3.8, 4) is 17.0 Å². The molecule has 0 unspecified atom stereocenters. The van der Waals surface area contributed by atoms with Gasteiger partial charge in [0.2, 0.25) is 5.91 Å². The summed E-state index contributed by atoms with van der Waals surface area (Å²) in [5, 5.41) is 5.52. The van der Waals surface area contributed by atoms with E-state index in [4.69, 9.17) is 4.74 Å². The molecule has 0 aliphatic heterocycles. The summed E-state index contributed by atoms with van der Waals surface area (Å²) in [7, 11) is -2.41. The molecule has 0 saturated heterocycles. The van der Waals surface area contributed by atoms with Crippen LogP contribution in [0.1, 0.15) is 11.9 Å². The number of carbonyl (C=O) groups excluding carboxylic acids is 1. The molecule has 7 nitrogen and oxygen atoms in total. The lowest BCUT2D eigenvalue weighted by molar-refractivity contribution is -0.114. The molecule has 0 radical (unpaired) electrons. The van der Waals surface area contributed by atoms with Gasteiger partial charge in [0.1, 0.15) is 5.75 Å². The summed E-state index contributed by atoms with van der Waals surface area (Å²) in [5.74, 6) is -0.0187. The zero-order valence-electron chi connectivity index (χ0n) is 15.5. The number of hydrogen-bond acceptors (Lipinski definition) is 6. The largest absolute Gasteiger partial charge is 0.495 e. The Labute approximate surface area is 167 Å². The van der Waals surface area contributed by atoms with E-state index in [0.717, 1.165) is 16.3 Å². The minimum Gasteiger partial charge on any atom is -0.495 e. The number of amides is 1. The number of benzene rings is 2. The summed E-state index contributed by atoms with van der Waals surface area (Å²) in [6.45, 7) is 3.30. The highest BCUT2D eigenvalue weighted by atomic mass is 32.2. The highest BCUT2D eigenvalue weighted by Crippen LogP contribution is 2.29. The van der Waals surface area contributed by atoms with Crippen molar-refractivity contribution in [2.45, 2.75) is 18.7 Å². The van der Waals surface area contributed by atoms with E-state index in [1.54, 1.807) is 23.5 Å². The van der Waals surface area contributed by atoms with E-state index in [-0.39, 0.29) is 16.6 Å². The molecule has 0 aliphatic rings. The lowest BCUT2D eigenvalue weighted by Gasteiger charge is -2.12. The molecule has 2 N–H and O–H groups in total. The van der Waals surface area contributed by atoms with Crippen LogP contribution in [-0.4, -0.2) is 26.4 Å². The fourth-order valence-corrected chi connectivity index (χ4v) is 4.25. The van der Waals surface area contributed by atoms with Crippen LogP contribution >= 0.6 is 11.3 Å². The first kappa shape index (κ1) is 19.8. The SMILES string of the molecule is COc1cc(S(=O)(=O)Nc2ccc(-c3csc(C)n3)cc2)ccc1NC(C)=O. The molecule has 0 bridgehead atoms. The van der Waals surface area contributed by atoms with Gasteiger partial charge in [-0.05, 0) is 31.2 Å². The van der Waals surface area contributed by atoms with Gasteiger partial charge in [0.05, 0.1) is 28.4 Å². The maximum Gasteiger partial charge on any atom is 0.262 e. The summed E-state index contributed by atoms with van der Waals surface area (Å²) >= 11 is 1.56. The number of aromatic nitrogens is 1. The number of sulfonamides is 1. The molecule has 1 amide bonds. The topological polar surface area (TPSA) is 97.4 Å². The Balaban J connectivity index is 1.82. The van der Waals surface area contributed by atoms with Crippen LogP contribution in [0.15, 0.2) is 52.7 Å². The van der Waals surface area contributed by atoms with E-state index in [1.807, 2.05) is 24.4 Å². The van der Waals surface area contributed by atoms with E-state index in [1.165, 1.54) is 32.2 Å². The van der Waals surface area contributed by atoms with Crippen molar-refractivity contribution in [1.29, 1.82) is 0 Å². The van der Waals surface area contributed by atoms with Gasteiger partial charge >= 0.3 is 0 Å². The number of thiazole rings is 1. The number of aryl methyl sites for hydroxylation is 1. The van der Waals surface area contributed by atoms with Crippen molar-refractivity contribution in [3.05, 3.63) is 52.9 Å². The molecular weight excluding hydrogens is 398 g/mol. The van der Waals surface area contributed by atoms with Crippen LogP contribution < -0.4 is 14.8 Å². The lowest BCUT2D eigenvalue weighted by Crippen LogP contribution is -2.14. The summed E-state index contributed by atoms with van der Waals surface area (Å²) in [6, 6.07) is 11.2. The van der Waals surface area contributed by atoms with Gasteiger partial charge in [0, 0.05) is 29.6 Å². The van der Waals surface area contributed by atoms with E-state index >= 15 is 0 Å². The quantitative estimate of drug-likeness (QED) is 0.634. The van der Waals surface area contributed by atoms with Crippen molar-refractivity contribution in [2.75, 3.05) is 17.1 Å². The smallest absolute Gasteiger partial charge is 0.262 e. The second-order valence-electron chi connectivity index (χ2n) is 5.98. The number of hydrogen-bond donors (Lipinski definition) is 2. The maximum atomic E-state index is 12.7. The van der Waals surface area contributed by atoms with Crippen molar-refractivity contribution in [1.82, 2.24) is 4.98 Å². The predicted octanol–water partition coefficient (Wildman–Crippen LogP) is 3.89. The van der Waals surface area contributed by atoms with Gasteiger partial charge in [-0.3, -0.25) is 9.52 Å². The zero-order valence-corrected chi connectivity index (χ0v) is 17.1. The number of anilines is 2. The van der Waals surface area contributed by atoms with Crippen molar-refractivity contribution < 1.29 is 17.9 Å². The average Bonchev–Trinajstić information content (AvgIpc) is 3.08. The molecule has 146 valence electrons. The van der Waals surface area contributed by atoms with Crippen LogP contribution in [0, 0.1) is 6.92 Å². The third-order valence-corrected chi connectivity index (χ3v) is 6.00. The second-order valence-corrected chi connectivity index (χ2v) is 8.72. The number of methoxy groups -OCH3 is 1. The first-order valence-corrected chi connectivity index (χ1v) is 10.7. The molecule has 28 heavy (non-hydrogen) atoms. The van der Waals surface area contributed by atoms with Gasteiger partial charge in [-0.15, -0.1) is 11.3 Å². The Morgan fingerprint density at radius 3 is 2.43 bits per heavy atom. The van der Waals surface area contributed by atoms with E-state index in [9.17, 15) is 13.2 Å².